The third kappa shape index (κ3) is 4.76. The first-order valence-electron chi connectivity index (χ1n) is 7.30. The Kier molecular flexibility index (Phi) is 5.67. The Balaban J connectivity index is 2.00. The van der Waals surface area contributed by atoms with Crippen LogP contribution in [-0.4, -0.2) is 49.6 Å². The van der Waals surface area contributed by atoms with Crippen molar-refractivity contribution in [3.8, 4) is 0 Å². The third-order valence-electron chi connectivity index (χ3n) is 3.41. The largest absolute Gasteiger partial charge is 0.375 e. The number of benzene rings is 1. The van der Waals surface area contributed by atoms with Crippen molar-refractivity contribution in [3.05, 3.63) is 29.8 Å². The summed E-state index contributed by atoms with van der Waals surface area (Å²) < 4.78 is 5.43. The van der Waals surface area contributed by atoms with Crippen LogP contribution in [0.25, 0.3) is 0 Å². The summed E-state index contributed by atoms with van der Waals surface area (Å²) in [5, 5.41) is 8.23. The number of amides is 3. The van der Waals surface area contributed by atoms with Crippen LogP contribution in [-0.2, 0) is 14.3 Å². The van der Waals surface area contributed by atoms with Gasteiger partial charge in [-0.15, -0.1) is 0 Å². The summed E-state index contributed by atoms with van der Waals surface area (Å²) in [5.74, 6) is -1.29. The van der Waals surface area contributed by atoms with Gasteiger partial charge in [0.05, 0.1) is 19.3 Å². The first-order chi connectivity index (χ1) is 11.0. The predicted octanol–water partition coefficient (Wildman–Crippen LogP) is -0.783. The van der Waals surface area contributed by atoms with E-state index < -0.39 is 17.9 Å². The summed E-state index contributed by atoms with van der Waals surface area (Å²) in [4.78, 5) is 34.8. The monoisotopic (exact) mass is 320 g/mol. The Morgan fingerprint density at radius 2 is 2.17 bits per heavy atom. The fourth-order valence-electron chi connectivity index (χ4n) is 2.25. The molecule has 2 atom stereocenters. The molecule has 1 heterocycles. The molecule has 124 valence electrons. The van der Waals surface area contributed by atoms with Gasteiger partial charge < -0.3 is 26.4 Å². The summed E-state index contributed by atoms with van der Waals surface area (Å²) in [7, 11) is 0. The number of carbonyl (C=O) groups is 3. The van der Waals surface area contributed by atoms with Gasteiger partial charge in [0.25, 0.3) is 5.91 Å². The van der Waals surface area contributed by atoms with Gasteiger partial charge in [-0.3, -0.25) is 14.4 Å². The zero-order valence-corrected chi connectivity index (χ0v) is 12.8. The second kappa shape index (κ2) is 7.70. The summed E-state index contributed by atoms with van der Waals surface area (Å²) in [5.41, 5.74) is 5.79. The molecule has 8 nitrogen and oxygen atoms in total. The number of rotatable bonds is 5. The van der Waals surface area contributed by atoms with Gasteiger partial charge in [0.15, 0.2) is 0 Å². The highest BCUT2D eigenvalue weighted by molar-refractivity contribution is 5.99. The van der Waals surface area contributed by atoms with E-state index in [1.54, 1.807) is 18.2 Å². The average Bonchev–Trinajstić information content (AvgIpc) is 2.53. The number of nitrogens with one attached hydrogen (secondary N) is 3. The Labute approximate surface area is 133 Å². The minimum absolute atomic E-state index is 0.230. The lowest BCUT2D eigenvalue weighted by atomic mass is 10.1. The molecule has 1 aliphatic heterocycles. The maximum absolute atomic E-state index is 12.3. The van der Waals surface area contributed by atoms with E-state index in [1.165, 1.54) is 6.07 Å². The zero-order valence-electron chi connectivity index (χ0n) is 12.8. The van der Waals surface area contributed by atoms with Gasteiger partial charge in [0.1, 0.15) is 6.04 Å². The molecule has 1 fully saturated rings. The normalized spacial score (nSPS) is 20.6. The fraction of sp³-hybridized carbons (Fsp3) is 0.400. The van der Waals surface area contributed by atoms with Crippen molar-refractivity contribution < 1.29 is 19.1 Å². The highest BCUT2D eigenvalue weighted by Gasteiger charge is 2.28. The predicted molar refractivity (Wildman–Crippen MR) is 83.8 cm³/mol. The molecule has 0 unspecified atom stereocenters. The van der Waals surface area contributed by atoms with Crippen LogP contribution in [0.15, 0.2) is 24.3 Å². The van der Waals surface area contributed by atoms with Gasteiger partial charge >= 0.3 is 0 Å². The maximum atomic E-state index is 12.3. The Morgan fingerprint density at radius 3 is 2.87 bits per heavy atom. The molecular weight excluding hydrogens is 300 g/mol. The van der Waals surface area contributed by atoms with Gasteiger partial charge in [-0.2, -0.15) is 0 Å². The number of ether oxygens (including phenoxy) is 1. The number of primary amides is 1. The number of morpholine rings is 1. The molecule has 1 aliphatic rings. The van der Waals surface area contributed by atoms with E-state index in [0.717, 1.165) is 0 Å². The van der Waals surface area contributed by atoms with Crippen LogP contribution in [0.5, 0.6) is 0 Å². The third-order valence-corrected chi connectivity index (χ3v) is 3.41. The van der Waals surface area contributed by atoms with Crippen LogP contribution in [0.3, 0.4) is 0 Å². The number of hydrogen-bond acceptors (Lipinski definition) is 5. The molecule has 2 rings (SSSR count). The van der Waals surface area contributed by atoms with Crippen molar-refractivity contribution in [3.63, 3.8) is 0 Å². The van der Waals surface area contributed by atoms with Gasteiger partial charge in [-0.05, 0) is 25.1 Å². The molecule has 0 bridgehead atoms. The molecule has 3 amide bonds. The highest BCUT2D eigenvalue weighted by Crippen LogP contribution is 2.13. The summed E-state index contributed by atoms with van der Waals surface area (Å²) in [6.07, 6.45) is -0.231. The molecular formula is C15H20N4O4. The Morgan fingerprint density at radius 1 is 1.39 bits per heavy atom. The molecule has 1 aromatic rings. The molecule has 0 aliphatic carbocycles. The number of carbonyl (C=O) groups excluding carboxylic acids is 3. The fourth-order valence-corrected chi connectivity index (χ4v) is 2.25. The smallest absolute Gasteiger partial charge is 0.251 e. The lowest BCUT2D eigenvalue weighted by Gasteiger charge is -2.29. The van der Waals surface area contributed by atoms with Crippen molar-refractivity contribution in [2.45, 2.75) is 19.1 Å². The number of nitrogens with two attached hydrogens (primary N) is 1. The summed E-state index contributed by atoms with van der Waals surface area (Å²) >= 11 is 0. The SMILES string of the molecule is C[C@H]1OCCN[C@@H]1C(=O)Nc1cccc(C(=O)NCC(N)=O)c1. The first kappa shape index (κ1) is 16.9. The molecule has 1 saturated heterocycles. The molecule has 5 N–H and O–H groups in total. The molecule has 0 aromatic heterocycles. The standard InChI is InChI=1S/C15H20N4O4/c1-9-13(17-5-6-23-9)15(22)19-11-4-2-3-10(7-11)14(21)18-8-12(16)20/h2-4,7,9,13,17H,5-6,8H2,1H3,(H2,16,20)(H,18,21)(H,19,22)/t9-,13+/m1/s1. The van der Waals surface area contributed by atoms with Crippen LogP contribution < -0.4 is 21.7 Å². The molecule has 0 saturated carbocycles. The molecule has 1 aromatic carbocycles. The van der Waals surface area contributed by atoms with Gasteiger partial charge in [0.2, 0.25) is 11.8 Å². The Hall–Kier alpha value is -2.45. The summed E-state index contributed by atoms with van der Waals surface area (Å²) in [6.45, 7) is 2.76. The van der Waals surface area contributed by atoms with E-state index in [9.17, 15) is 14.4 Å². The molecule has 23 heavy (non-hydrogen) atoms. The number of hydrogen-bond donors (Lipinski definition) is 4. The minimum atomic E-state index is -0.625. The van der Waals surface area contributed by atoms with Crippen molar-refractivity contribution in [2.24, 2.45) is 5.73 Å². The van der Waals surface area contributed by atoms with Crippen molar-refractivity contribution >= 4 is 23.4 Å². The van der Waals surface area contributed by atoms with E-state index in [4.69, 9.17) is 10.5 Å². The lowest BCUT2D eigenvalue weighted by Crippen LogP contribution is -2.53. The van der Waals surface area contributed by atoms with Crippen LogP contribution in [0, 0.1) is 0 Å². The molecule has 8 heteroatoms. The minimum Gasteiger partial charge on any atom is -0.375 e. The topological polar surface area (TPSA) is 123 Å². The average molecular weight is 320 g/mol. The van der Waals surface area contributed by atoms with Crippen LogP contribution in [0.1, 0.15) is 17.3 Å². The van der Waals surface area contributed by atoms with Crippen LogP contribution in [0.4, 0.5) is 5.69 Å². The van der Waals surface area contributed by atoms with Crippen molar-refractivity contribution in [1.29, 1.82) is 0 Å². The van der Waals surface area contributed by atoms with Crippen LogP contribution >= 0.6 is 0 Å². The number of anilines is 1. The van der Waals surface area contributed by atoms with Crippen LogP contribution in [0.2, 0.25) is 0 Å². The second-order valence-corrected chi connectivity index (χ2v) is 5.23. The second-order valence-electron chi connectivity index (χ2n) is 5.23. The van der Waals surface area contributed by atoms with Crippen molar-refractivity contribution in [1.82, 2.24) is 10.6 Å². The lowest BCUT2D eigenvalue weighted by molar-refractivity contribution is -0.123. The van der Waals surface area contributed by atoms with E-state index in [0.29, 0.717) is 24.4 Å². The highest BCUT2D eigenvalue weighted by atomic mass is 16.5. The quantitative estimate of drug-likeness (QED) is 0.567. The van der Waals surface area contributed by atoms with E-state index in [-0.39, 0.29) is 18.6 Å². The maximum Gasteiger partial charge on any atom is 0.251 e. The summed E-state index contributed by atoms with van der Waals surface area (Å²) in [6, 6.07) is 5.98. The molecule has 0 radical (unpaired) electrons. The zero-order chi connectivity index (χ0) is 16.8. The van der Waals surface area contributed by atoms with E-state index in [1.807, 2.05) is 6.92 Å². The van der Waals surface area contributed by atoms with Gasteiger partial charge in [-0.1, -0.05) is 6.07 Å². The Bertz CT molecular complexity index is 605. The van der Waals surface area contributed by atoms with Gasteiger partial charge in [0, 0.05) is 17.8 Å². The van der Waals surface area contributed by atoms with Gasteiger partial charge in [-0.25, -0.2) is 0 Å². The van der Waals surface area contributed by atoms with E-state index >= 15 is 0 Å². The molecule has 0 spiro atoms. The van der Waals surface area contributed by atoms with E-state index in [2.05, 4.69) is 16.0 Å². The van der Waals surface area contributed by atoms with Crippen molar-refractivity contribution in [2.75, 3.05) is 25.0 Å². The first-order valence-corrected chi connectivity index (χ1v) is 7.30.